The van der Waals surface area contributed by atoms with E-state index in [9.17, 15) is 0 Å². The van der Waals surface area contributed by atoms with Crippen LogP contribution in [0.2, 0.25) is 23.4 Å². The van der Waals surface area contributed by atoms with Crippen molar-refractivity contribution in [2.24, 2.45) is 0 Å². The molecule has 6 heteroatoms. The van der Waals surface area contributed by atoms with Gasteiger partial charge in [-0.3, -0.25) is 4.98 Å². The quantitative estimate of drug-likeness (QED) is 0.599. The van der Waals surface area contributed by atoms with Gasteiger partial charge in [0.1, 0.15) is 0 Å². The summed E-state index contributed by atoms with van der Waals surface area (Å²) in [6.45, 7) is 11.7. The van der Waals surface area contributed by atoms with E-state index in [0.29, 0.717) is 6.61 Å². The maximum absolute atomic E-state index is 6.21. The monoisotopic (exact) mass is 335 g/mol. The van der Waals surface area contributed by atoms with Gasteiger partial charge in [-0.25, -0.2) is 9.97 Å². The Balaban J connectivity index is 2.14. The summed E-state index contributed by atoms with van der Waals surface area (Å²) in [6.07, 6.45) is 3.35. The molecule has 0 saturated heterocycles. The molecule has 0 fully saturated rings. The molecule has 2 aromatic heterocycles. The first-order valence-electron chi connectivity index (χ1n) is 7.27. The minimum Gasteiger partial charge on any atom is -0.411 e. The van der Waals surface area contributed by atoms with Crippen LogP contribution in [0.1, 0.15) is 26.5 Å². The van der Waals surface area contributed by atoms with E-state index in [-0.39, 0.29) is 10.3 Å². The van der Waals surface area contributed by atoms with Crippen LogP contribution in [0.4, 0.5) is 0 Å². The molecule has 0 amide bonds. The fourth-order valence-corrected chi connectivity index (χ4v) is 2.68. The minimum atomic E-state index is -1.77. The molecule has 0 N–H and O–H groups in total. The van der Waals surface area contributed by atoms with Crippen molar-refractivity contribution in [3.8, 4) is 11.3 Å². The molecule has 0 saturated carbocycles. The molecule has 0 unspecified atom stereocenters. The fourth-order valence-electron chi connectivity index (χ4n) is 1.64. The van der Waals surface area contributed by atoms with Gasteiger partial charge in [0.25, 0.3) is 0 Å². The Bertz CT molecular complexity index is 639. The maximum Gasteiger partial charge on any atom is 0.222 e. The van der Waals surface area contributed by atoms with E-state index in [1.807, 2.05) is 18.2 Å². The lowest BCUT2D eigenvalue weighted by Crippen LogP contribution is -2.40. The molecule has 4 nitrogen and oxygen atoms in total. The zero-order valence-corrected chi connectivity index (χ0v) is 15.5. The number of aromatic nitrogens is 3. The van der Waals surface area contributed by atoms with E-state index >= 15 is 0 Å². The fraction of sp³-hybridized carbons (Fsp3) is 0.438. The summed E-state index contributed by atoms with van der Waals surface area (Å²) in [4.78, 5) is 12.6. The highest BCUT2D eigenvalue weighted by Gasteiger charge is 2.37. The standard InChI is InChI=1S/C16H22ClN3OSi/c1-16(2,3)22(4,5)21-11-13-7-6-8-14(20-13)12-9-18-15(17)19-10-12/h6-10H,11H2,1-5H3. The van der Waals surface area contributed by atoms with Crippen LogP contribution in [-0.4, -0.2) is 23.3 Å². The lowest BCUT2D eigenvalue weighted by molar-refractivity contribution is 0.272. The van der Waals surface area contributed by atoms with Crippen LogP contribution >= 0.6 is 11.6 Å². The zero-order chi connectivity index (χ0) is 16.4. The first-order chi connectivity index (χ1) is 10.2. The number of nitrogens with zero attached hydrogens (tertiary/aromatic N) is 3. The molecule has 2 aromatic rings. The predicted octanol–water partition coefficient (Wildman–Crippen LogP) is 4.71. The van der Waals surface area contributed by atoms with Gasteiger partial charge < -0.3 is 4.43 Å². The van der Waals surface area contributed by atoms with E-state index in [2.05, 4.69) is 48.8 Å². The second-order valence-electron chi connectivity index (χ2n) is 6.80. The Kier molecular flexibility index (Phi) is 4.99. The minimum absolute atomic E-state index is 0.189. The van der Waals surface area contributed by atoms with Crippen molar-refractivity contribution < 1.29 is 4.43 Å². The highest BCUT2D eigenvalue weighted by Crippen LogP contribution is 2.37. The van der Waals surface area contributed by atoms with Gasteiger partial charge in [-0.15, -0.1) is 0 Å². The second-order valence-corrected chi connectivity index (χ2v) is 12.0. The topological polar surface area (TPSA) is 47.9 Å². The van der Waals surface area contributed by atoms with Crippen LogP contribution in [0.25, 0.3) is 11.3 Å². The van der Waals surface area contributed by atoms with Gasteiger partial charge in [0.15, 0.2) is 8.32 Å². The van der Waals surface area contributed by atoms with Crippen LogP contribution in [-0.2, 0) is 11.0 Å². The Labute approximate surface area is 138 Å². The van der Waals surface area contributed by atoms with Gasteiger partial charge >= 0.3 is 0 Å². The van der Waals surface area contributed by atoms with Crippen LogP contribution in [0.5, 0.6) is 0 Å². The third-order valence-corrected chi connectivity index (χ3v) is 8.78. The molecule has 2 rings (SSSR count). The maximum atomic E-state index is 6.21. The highest BCUT2D eigenvalue weighted by molar-refractivity contribution is 6.74. The van der Waals surface area contributed by atoms with Crippen molar-refractivity contribution in [2.75, 3.05) is 0 Å². The van der Waals surface area contributed by atoms with E-state index in [0.717, 1.165) is 17.0 Å². The molecular weight excluding hydrogens is 314 g/mol. The lowest BCUT2D eigenvalue weighted by atomic mass is 10.2. The van der Waals surface area contributed by atoms with Gasteiger partial charge in [-0.05, 0) is 41.9 Å². The first kappa shape index (κ1) is 17.1. The van der Waals surface area contributed by atoms with Crippen LogP contribution < -0.4 is 0 Å². The Morgan fingerprint density at radius 1 is 1.14 bits per heavy atom. The number of hydrogen-bond acceptors (Lipinski definition) is 4. The molecule has 118 valence electrons. The van der Waals surface area contributed by atoms with Crippen molar-refractivity contribution in [2.45, 2.75) is 45.5 Å². The molecule has 2 heterocycles. The van der Waals surface area contributed by atoms with Crippen molar-refractivity contribution in [1.82, 2.24) is 15.0 Å². The molecule has 0 aliphatic rings. The lowest BCUT2D eigenvalue weighted by Gasteiger charge is -2.36. The number of rotatable bonds is 4. The van der Waals surface area contributed by atoms with Gasteiger partial charge in [0.2, 0.25) is 5.28 Å². The second kappa shape index (κ2) is 6.44. The molecule has 0 bridgehead atoms. The van der Waals surface area contributed by atoms with Crippen molar-refractivity contribution in [1.29, 1.82) is 0 Å². The molecular formula is C16H22ClN3OSi. The summed E-state index contributed by atoms with van der Waals surface area (Å²) < 4.78 is 6.21. The molecule has 0 radical (unpaired) electrons. The van der Waals surface area contributed by atoms with Gasteiger partial charge in [-0.1, -0.05) is 26.8 Å². The highest BCUT2D eigenvalue weighted by atomic mass is 35.5. The Morgan fingerprint density at radius 2 is 1.77 bits per heavy atom. The van der Waals surface area contributed by atoms with E-state index in [1.165, 1.54) is 0 Å². The normalized spacial score (nSPS) is 12.5. The zero-order valence-electron chi connectivity index (χ0n) is 13.7. The molecule has 22 heavy (non-hydrogen) atoms. The average Bonchev–Trinajstić information content (AvgIpc) is 2.45. The molecule has 0 aliphatic carbocycles. The number of hydrogen-bond donors (Lipinski definition) is 0. The summed E-state index contributed by atoms with van der Waals surface area (Å²) in [5, 5.41) is 0.426. The third-order valence-electron chi connectivity index (χ3n) is 4.11. The number of pyridine rings is 1. The summed E-state index contributed by atoms with van der Waals surface area (Å²) in [5.41, 5.74) is 2.59. The molecule has 0 aromatic carbocycles. The molecule has 0 spiro atoms. The Hall–Kier alpha value is -1.30. The van der Waals surface area contributed by atoms with Gasteiger partial charge in [-0.2, -0.15) is 0 Å². The summed E-state index contributed by atoms with van der Waals surface area (Å²) >= 11 is 5.71. The molecule has 0 aliphatic heterocycles. The van der Waals surface area contributed by atoms with E-state index < -0.39 is 8.32 Å². The van der Waals surface area contributed by atoms with Crippen molar-refractivity contribution in [3.05, 3.63) is 41.6 Å². The van der Waals surface area contributed by atoms with E-state index in [4.69, 9.17) is 16.0 Å². The summed E-state index contributed by atoms with van der Waals surface area (Å²) in [5.74, 6) is 0. The average molecular weight is 336 g/mol. The largest absolute Gasteiger partial charge is 0.411 e. The first-order valence-corrected chi connectivity index (χ1v) is 10.6. The van der Waals surface area contributed by atoms with Crippen LogP contribution in [0.3, 0.4) is 0 Å². The van der Waals surface area contributed by atoms with E-state index in [1.54, 1.807) is 12.4 Å². The summed E-state index contributed by atoms with van der Waals surface area (Å²) in [6, 6.07) is 5.89. The van der Waals surface area contributed by atoms with Crippen LogP contribution in [0.15, 0.2) is 30.6 Å². The number of halogens is 1. The van der Waals surface area contributed by atoms with Gasteiger partial charge in [0.05, 0.1) is 18.0 Å². The Morgan fingerprint density at radius 3 is 2.36 bits per heavy atom. The molecule has 0 atom stereocenters. The van der Waals surface area contributed by atoms with Crippen molar-refractivity contribution in [3.63, 3.8) is 0 Å². The summed E-state index contributed by atoms with van der Waals surface area (Å²) in [7, 11) is -1.77. The van der Waals surface area contributed by atoms with Crippen LogP contribution in [0, 0.1) is 0 Å². The van der Waals surface area contributed by atoms with Crippen molar-refractivity contribution >= 4 is 19.9 Å². The van der Waals surface area contributed by atoms with Gasteiger partial charge in [0, 0.05) is 18.0 Å². The smallest absolute Gasteiger partial charge is 0.222 e. The SMILES string of the molecule is CC(C)(C)[Si](C)(C)OCc1cccc(-c2cnc(Cl)nc2)n1. The third kappa shape index (κ3) is 4.12. The predicted molar refractivity (Wildman–Crippen MR) is 92.3 cm³/mol.